The van der Waals surface area contributed by atoms with Gasteiger partial charge in [-0.15, -0.1) is 15.3 Å². The molecule has 0 amide bonds. The monoisotopic (exact) mass is 326 g/mol. The van der Waals surface area contributed by atoms with Crippen molar-refractivity contribution < 1.29 is 0 Å². The van der Waals surface area contributed by atoms with Crippen LogP contribution < -0.4 is 0 Å². The van der Waals surface area contributed by atoms with Gasteiger partial charge in [0.1, 0.15) is 7.42 Å². The van der Waals surface area contributed by atoms with E-state index in [-0.39, 0.29) is 5.04 Å². The quantitative estimate of drug-likeness (QED) is 0.498. The van der Waals surface area contributed by atoms with Crippen molar-refractivity contribution in [1.82, 2.24) is 0 Å². The van der Waals surface area contributed by atoms with Crippen molar-refractivity contribution in [2.24, 2.45) is 5.41 Å². The van der Waals surface area contributed by atoms with Crippen LogP contribution in [-0.4, -0.2) is 7.42 Å². The van der Waals surface area contributed by atoms with Crippen molar-refractivity contribution in [3.8, 4) is 0 Å². The second-order valence-corrected chi connectivity index (χ2v) is 12.8. The van der Waals surface area contributed by atoms with Gasteiger partial charge in [0.05, 0.1) is 0 Å². The maximum absolute atomic E-state index is 4.12. The minimum atomic E-state index is -1.06. The molecule has 2 atom stereocenters. The number of halogens is 1. The molecule has 0 heterocycles. The number of hydrogen-bond acceptors (Lipinski definition) is 0. The topological polar surface area (TPSA) is 0 Å². The van der Waals surface area contributed by atoms with Crippen LogP contribution in [0.1, 0.15) is 53.5 Å². The summed E-state index contributed by atoms with van der Waals surface area (Å²) in [5, 5.41) is 0.285. The molecule has 0 radical (unpaired) electrons. The first-order valence-electron chi connectivity index (χ1n) is 6.93. The molecule has 0 saturated heterocycles. The number of hydrogen-bond donors (Lipinski definition) is 0. The highest BCUT2D eigenvalue weighted by molar-refractivity contribution is 9.24. The lowest BCUT2D eigenvalue weighted by atomic mass is 9.87. The van der Waals surface area contributed by atoms with Crippen LogP contribution in [0, 0.1) is 5.41 Å². The molecule has 0 fully saturated rings. The molecule has 1 aromatic carbocycles. The van der Waals surface area contributed by atoms with E-state index in [1.165, 1.54) is 12.0 Å². The van der Waals surface area contributed by atoms with Crippen molar-refractivity contribution in [1.29, 1.82) is 0 Å². The molecule has 0 bridgehead atoms. The molecule has 0 aliphatic rings. The summed E-state index contributed by atoms with van der Waals surface area (Å²) in [7, 11) is -1.06. The standard InChI is InChI=1S/C16H27BrSi/c1-7-15(3,4)13(2)18(17)16(5,6)14-11-9-8-10-12-14/h8-13,18H,7H2,1-6H3. The fourth-order valence-corrected chi connectivity index (χ4v) is 8.10. The SMILES string of the molecule is CCC(C)(C)C(C)[SiH](Br)C(C)(C)c1ccccc1. The highest BCUT2D eigenvalue weighted by Crippen LogP contribution is 2.45. The fraction of sp³-hybridized carbons (Fsp3) is 0.625. The van der Waals surface area contributed by atoms with Crippen LogP contribution in [0.25, 0.3) is 0 Å². The van der Waals surface area contributed by atoms with Crippen LogP contribution in [0.15, 0.2) is 30.3 Å². The minimum Gasteiger partial charge on any atom is -0.130 e. The number of rotatable bonds is 5. The maximum atomic E-state index is 4.12. The fourth-order valence-electron chi connectivity index (χ4n) is 2.37. The van der Waals surface area contributed by atoms with Crippen LogP contribution in [0.3, 0.4) is 0 Å². The molecule has 0 nitrogen and oxygen atoms in total. The Hall–Kier alpha value is -0.0831. The summed E-state index contributed by atoms with van der Waals surface area (Å²) in [5.74, 6) is 0. The predicted octanol–water partition coefficient (Wildman–Crippen LogP) is 5.45. The van der Waals surface area contributed by atoms with Gasteiger partial charge in [-0.2, -0.15) is 0 Å². The summed E-state index contributed by atoms with van der Waals surface area (Å²) in [6.45, 7) is 14.3. The van der Waals surface area contributed by atoms with Crippen LogP contribution in [0.5, 0.6) is 0 Å². The first-order chi connectivity index (χ1) is 8.23. The van der Waals surface area contributed by atoms with Gasteiger partial charge in [-0.1, -0.05) is 78.3 Å². The van der Waals surface area contributed by atoms with Crippen molar-refractivity contribution >= 4 is 22.7 Å². The molecular weight excluding hydrogens is 300 g/mol. The Balaban J connectivity index is 2.99. The van der Waals surface area contributed by atoms with Crippen molar-refractivity contribution in [2.45, 2.75) is 58.5 Å². The third-order valence-electron chi connectivity index (χ3n) is 4.79. The van der Waals surface area contributed by atoms with Crippen molar-refractivity contribution in [2.75, 3.05) is 0 Å². The molecule has 1 aromatic rings. The van der Waals surface area contributed by atoms with E-state index < -0.39 is 7.42 Å². The Morgan fingerprint density at radius 2 is 1.61 bits per heavy atom. The normalized spacial score (nSPS) is 16.4. The summed E-state index contributed by atoms with van der Waals surface area (Å²) in [4.78, 5) is 0. The van der Waals surface area contributed by atoms with Gasteiger partial charge in [-0.25, -0.2) is 0 Å². The first-order valence-corrected chi connectivity index (χ1v) is 11.4. The second kappa shape index (κ2) is 5.92. The summed E-state index contributed by atoms with van der Waals surface area (Å²) >= 11 is 4.12. The maximum Gasteiger partial charge on any atom is 0.127 e. The van der Waals surface area contributed by atoms with Crippen LogP contribution in [0.4, 0.5) is 0 Å². The van der Waals surface area contributed by atoms with Gasteiger partial charge < -0.3 is 0 Å². The molecule has 0 saturated carbocycles. The van der Waals surface area contributed by atoms with Gasteiger partial charge >= 0.3 is 0 Å². The van der Waals surface area contributed by atoms with E-state index in [9.17, 15) is 0 Å². The lowest BCUT2D eigenvalue weighted by molar-refractivity contribution is 0.331. The zero-order chi connectivity index (χ0) is 14.0. The smallest absolute Gasteiger partial charge is 0.127 e. The lowest BCUT2D eigenvalue weighted by Crippen LogP contribution is -2.41. The zero-order valence-electron chi connectivity index (χ0n) is 12.6. The highest BCUT2D eigenvalue weighted by Gasteiger charge is 2.40. The molecule has 1 rings (SSSR count). The average molecular weight is 327 g/mol. The van der Waals surface area contributed by atoms with Crippen molar-refractivity contribution in [3.63, 3.8) is 0 Å². The van der Waals surface area contributed by atoms with E-state index in [0.717, 1.165) is 5.54 Å². The average Bonchev–Trinajstić information content (AvgIpc) is 2.37. The summed E-state index contributed by atoms with van der Waals surface area (Å²) < 4.78 is 0. The van der Waals surface area contributed by atoms with Gasteiger partial charge in [0, 0.05) is 0 Å². The third-order valence-corrected chi connectivity index (χ3v) is 14.1. The lowest BCUT2D eigenvalue weighted by Gasteiger charge is -2.41. The Labute approximate surface area is 122 Å². The van der Waals surface area contributed by atoms with E-state index >= 15 is 0 Å². The first kappa shape index (κ1) is 16.0. The van der Waals surface area contributed by atoms with Crippen LogP contribution in [0.2, 0.25) is 5.54 Å². The van der Waals surface area contributed by atoms with E-state index in [1.54, 1.807) is 0 Å². The van der Waals surface area contributed by atoms with Gasteiger partial charge in [0.15, 0.2) is 0 Å². The third kappa shape index (κ3) is 3.27. The van der Waals surface area contributed by atoms with Gasteiger partial charge in [-0.3, -0.25) is 0 Å². The van der Waals surface area contributed by atoms with Gasteiger partial charge in [0.2, 0.25) is 0 Å². The van der Waals surface area contributed by atoms with Gasteiger partial charge in [0.25, 0.3) is 0 Å². The van der Waals surface area contributed by atoms with E-state index in [2.05, 4.69) is 87.2 Å². The Bertz CT molecular complexity index is 370. The molecule has 2 heteroatoms. The molecule has 0 N–H and O–H groups in total. The number of benzene rings is 1. The molecule has 2 unspecified atom stereocenters. The largest absolute Gasteiger partial charge is 0.130 e. The predicted molar refractivity (Wildman–Crippen MR) is 89.0 cm³/mol. The summed E-state index contributed by atoms with van der Waals surface area (Å²) in [5.41, 5.74) is 2.65. The molecule has 0 aromatic heterocycles. The Kier molecular flexibility index (Phi) is 5.25. The Morgan fingerprint density at radius 3 is 2.06 bits per heavy atom. The molecule has 102 valence electrons. The zero-order valence-corrected chi connectivity index (χ0v) is 15.4. The summed E-state index contributed by atoms with van der Waals surface area (Å²) in [6, 6.07) is 10.9. The summed E-state index contributed by atoms with van der Waals surface area (Å²) in [6.07, 6.45) is 1.24. The highest BCUT2D eigenvalue weighted by atomic mass is 79.9. The second-order valence-electron chi connectivity index (χ2n) is 6.62. The molecule has 18 heavy (non-hydrogen) atoms. The van der Waals surface area contributed by atoms with Crippen molar-refractivity contribution in [3.05, 3.63) is 35.9 Å². The minimum absolute atomic E-state index is 0.285. The van der Waals surface area contributed by atoms with E-state index in [4.69, 9.17) is 0 Å². The molecule has 0 spiro atoms. The van der Waals surface area contributed by atoms with Crippen LogP contribution in [-0.2, 0) is 5.04 Å². The van der Waals surface area contributed by atoms with Crippen LogP contribution >= 0.6 is 15.3 Å². The molecule has 0 aliphatic heterocycles. The van der Waals surface area contributed by atoms with E-state index in [0.29, 0.717) is 5.41 Å². The molecule has 0 aliphatic carbocycles. The molecular formula is C16H27BrSi. The Morgan fingerprint density at radius 1 is 1.11 bits per heavy atom. The van der Waals surface area contributed by atoms with E-state index in [1.807, 2.05) is 0 Å². The van der Waals surface area contributed by atoms with Gasteiger partial charge in [-0.05, 0) is 21.6 Å².